The zero-order valence-corrected chi connectivity index (χ0v) is 14.3. The fourth-order valence-corrected chi connectivity index (χ4v) is 3.11. The number of nitrogens with zero attached hydrogens (tertiary/aromatic N) is 5. The van der Waals surface area contributed by atoms with Crippen LogP contribution in [0.15, 0.2) is 35.1 Å². The predicted molar refractivity (Wildman–Crippen MR) is 91.8 cm³/mol. The van der Waals surface area contributed by atoms with Gasteiger partial charge >= 0.3 is 6.03 Å². The molecule has 2 amide bonds. The van der Waals surface area contributed by atoms with E-state index in [0.717, 1.165) is 29.9 Å². The molecule has 0 radical (unpaired) electrons. The number of urea groups is 1. The molecule has 3 aromatic heterocycles. The monoisotopic (exact) mass is 353 g/mol. The standard InChI is InChI=1S/C17H19N7O2/c1-11-9-14(26-23-11)13-3-2-8-24(13)17(25)19-10-15-20-16(22-21-15)12-4-6-18-7-5-12/h4-7,9,13H,2-3,8,10H2,1H3,(H,19,25)(H,20,21,22)/t13-/m0/s1. The number of nitrogens with one attached hydrogen (secondary N) is 2. The Hall–Kier alpha value is -3.23. The summed E-state index contributed by atoms with van der Waals surface area (Å²) in [5.74, 6) is 1.90. The molecule has 0 spiro atoms. The number of H-pyrrole nitrogens is 1. The van der Waals surface area contributed by atoms with E-state index in [1.165, 1.54) is 0 Å². The van der Waals surface area contributed by atoms with Crippen LogP contribution in [0.4, 0.5) is 4.79 Å². The average Bonchev–Trinajstić information content (AvgIpc) is 3.40. The Morgan fingerprint density at radius 2 is 2.27 bits per heavy atom. The van der Waals surface area contributed by atoms with E-state index in [2.05, 4.69) is 30.6 Å². The molecular weight excluding hydrogens is 334 g/mol. The normalized spacial score (nSPS) is 16.8. The molecule has 0 aromatic carbocycles. The molecule has 3 aromatic rings. The summed E-state index contributed by atoms with van der Waals surface area (Å²) < 4.78 is 5.34. The van der Waals surface area contributed by atoms with E-state index in [9.17, 15) is 4.79 Å². The molecule has 1 saturated heterocycles. The first-order valence-electron chi connectivity index (χ1n) is 8.50. The molecule has 1 aliphatic heterocycles. The molecule has 1 atom stereocenters. The van der Waals surface area contributed by atoms with Crippen LogP contribution in [-0.2, 0) is 6.54 Å². The van der Waals surface area contributed by atoms with Crippen molar-refractivity contribution in [3.8, 4) is 11.4 Å². The summed E-state index contributed by atoms with van der Waals surface area (Å²) in [6, 6.07) is 5.33. The van der Waals surface area contributed by atoms with Crippen molar-refractivity contribution in [3.05, 3.63) is 47.9 Å². The van der Waals surface area contributed by atoms with Crippen molar-refractivity contribution in [2.75, 3.05) is 6.54 Å². The van der Waals surface area contributed by atoms with Gasteiger partial charge in [0.05, 0.1) is 18.3 Å². The lowest BCUT2D eigenvalue weighted by Crippen LogP contribution is -2.39. The van der Waals surface area contributed by atoms with E-state index < -0.39 is 0 Å². The summed E-state index contributed by atoms with van der Waals surface area (Å²) in [7, 11) is 0. The Labute approximate surface area is 149 Å². The number of hydrogen-bond donors (Lipinski definition) is 2. The van der Waals surface area contributed by atoms with Crippen molar-refractivity contribution in [1.29, 1.82) is 0 Å². The van der Waals surface area contributed by atoms with Gasteiger partial charge in [-0.05, 0) is 31.9 Å². The van der Waals surface area contributed by atoms with Crippen LogP contribution in [0.5, 0.6) is 0 Å². The van der Waals surface area contributed by atoms with Crippen LogP contribution in [0, 0.1) is 6.92 Å². The van der Waals surface area contributed by atoms with E-state index in [4.69, 9.17) is 4.52 Å². The van der Waals surface area contributed by atoms with Crippen LogP contribution in [0.2, 0.25) is 0 Å². The summed E-state index contributed by atoms with van der Waals surface area (Å²) in [4.78, 5) is 22.7. The van der Waals surface area contributed by atoms with Gasteiger partial charge in [-0.15, -0.1) is 0 Å². The number of hydrogen-bond acceptors (Lipinski definition) is 6. The number of aromatic amines is 1. The van der Waals surface area contributed by atoms with Gasteiger partial charge < -0.3 is 14.7 Å². The summed E-state index contributed by atoms with van der Waals surface area (Å²) in [5, 5.41) is 13.8. The number of pyridine rings is 1. The number of aryl methyl sites for hydroxylation is 1. The van der Waals surface area contributed by atoms with Gasteiger partial charge in [0.1, 0.15) is 5.82 Å². The molecule has 1 fully saturated rings. The predicted octanol–water partition coefficient (Wildman–Crippen LogP) is 2.21. The maximum absolute atomic E-state index is 12.6. The van der Waals surface area contributed by atoms with Crippen molar-refractivity contribution in [2.24, 2.45) is 0 Å². The van der Waals surface area contributed by atoms with Crippen LogP contribution < -0.4 is 5.32 Å². The number of amides is 2. The Morgan fingerprint density at radius 1 is 1.42 bits per heavy atom. The molecule has 9 nitrogen and oxygen atoms in total. The van der Waals surface area contributed by atoms with Gasteiger partial charge in [0.15, 0.2) is 11.6 Å². The van der Waals surface area contributed by atoms with Gasteiger partial charge in [-0.1, -0.05) is 5.16 Å². The SMILES string of the molecule is Cc1cc([C@@H]2CCCN2C(=O)NCc2nc(-c3ccncc3)n[nH]2)on1. The molecule has 4 heterocycles. The maximum Gasteiger partial charge on any atom is 0.318 e. The molecule has 9 heteroatoms. The lowest BCUT2D eigenvalue weighted by atomic mass is 10.1. The number of aromatic nitrogens is 5. The first-order valence-corrected chi connectivity index (χ1v) is 8.50. The van der Waals surface area contributed by atoms with E-state index in [0.29, 0.717) is 18.2 Å². The summed E-state index contributed by atoms with van der Waals surface area (Å²) in [5.41, 5.74) is 1.69. The van der Waals surface area contributed by atoms with Crippen LogP contribution in [-0.4, -0.2) is 42.8 Å². The molecule has 134 valence electrons. The zero-order valence-electron chi connectivity index (χ0n) is 14.3. The molecule has 0 unspecified atom stereocenters. The number of carbonyl (C=O) groups is 1. The van der Waals surface area contributed by atoms with Gasteiger partial charge in [-0.25, -0.2) is 9.78 Å². The molecule has 0 aliphatic carbocycles. The third kappa shape index (κ3) is 3.28. The van der Waals surface area contributed by atoms with Crippen LogP contribution >= 0.6 is 0 Å². The van der Waals surface area contributed by atoms with Gasteiger partial charge in [-0.2, -0.15) is 5.10 Å². The highest BCUT2D eigenvalue weighted by Crippen LogP contribution is 2.32. The average molecular weight is 353 g/mol. The van der Waals surface area contributed by atoms with Crippen molar-refractivity contribution in [2.45, 2.75) is 32.4 Å². The zero-order chi connectivity index (χ0) is 17.9. The summed E-state index contributed by atoms with van der Waals surface area (Å²) in [6.07, 6.45) is 5.18. The molecule has 4 rings (SSSR count). The Kier molecular flexibility index (Phi) is 4.34. The van der Waals surface area contributed by atoms with E-state index in [-0.39, 0.29) is 18.6 Å². The van der Waals surface area contributed by atoms with Crippen LogP contribution in [0.25, 0.3) is 11.4 Å². The first-order chi connectivity index (χ1) is 12.7. The van der Waals surface area contributed by atoms with Crippen LogP contribution in [0.3, 0.4) is 0 Å². The lowest BCUT2D eigenvalue weighted by molar-refractivity contribution is 0.181. The second-order valence-electron chi connectivity index (χ2n) is 6.22. The second kappa shape index (κ2) is 6.95. The fourth-order valence-electron chi connectivity index (χ4n) is 3.11. The minimum Gasteiger partial charge on any atom is -0.359 e. The molecule has 0 bridgehead atoms. The van der Waals surface area contributed by atoms with E-state index in [1.807, 2.05) is 25.1 Å². The van der Waals surface area contributed by atoms with E-state index >= 15 is 0 Å². The van der Waals surface area contributed by atoms with Gasteiger partial charge in [0.25, 0.3) is 0 Å². The van der Waals surface area contributed by atoms with Gasteiger partial charge in [-0.3, -0.25) is 10.1 Å². The first kappa shape index (κ1) is 16.2. The minimum absolute atomic E-state index is 0.0710. The number of carbonyl (C=O) groups excluding carboxylic acids is 1. The Balaban J connectivity index is 1.39. The van der Waals surface area contributed by atoms with Crippen molar-refractivity contribution < 1.29 is 9.32 Å². The highest BCUT2D eigenvalue weighted by molar-refractivity contribution is 5.75. The fraction of sp³-hybridized carbons (Fsp3) is 0.353. The molecule has 0 saturated carbocycles. The second-order valence-corrected chi connectivity index (χ2v) is 6.22. The topological polar surface area (TPSA) is 113 Å². The van der Waals surface area contributed by atoms with Crippen LogP contribution in [0.1, 0.15) is 36.2 Å². The third-order valence-corrected chi connectivity index (χ3v) is 4.37. The third-order valence-electron chi connectivity index (χ3n) is 4.37. The quantitative estimate of drug-likeness (QED) is 0.743. The summed E-state index contributed by atoms with van der Waals surface area (Å²) in [6.45, 7) is 2.83. The molecule has 2 N–H and O–H groups in total. The molecular formula is C17H19N7O2. The molecule has 1 aliphatic rings. The highest BCUT2D eigenvalue weighted by Gasteiger charge is 2.32. The van der Waals surface area contributed by atoms with Crippen molar-refractivity contribution in [1.82, 2.24) is 35.5 Å². The number of likely N-dealkylation sites (tertiary alicyclic amines) is 1. The largest absolute Gasteiger partial charge is 0.359 e. The van der Waals surface area contributed by atoms with Crippen molar-refractivity contribution in [3.63, 3.8) is 0 Å². The van der Waals surface area contributed by atoms with E-state index in [1.54, 1.807) is 17.3 Å². The van der Waals surface area contributed by atoms with Crippen molar-refractivity contribution >= 4 is 6.03 Å². The molecule has 26 heavy (non-hydrogen) atoms. The highest BCUT2D eigenvalue weighted by atomic mass is 16.5. The smallest absolute Gasteiger partial charge is 0.318 e. The van der Waals surface area contributed by atoms with Gasteiger partial charge in [0, 0.05) is 30.6 Å². The summed E-state index contributed by atoms with van der Waals surface area (Å²) >= 11 is 0. The van der Waals surface area contributed by atoms with Gasteiger partial charge in [0.2, 0.25) is 0 Å². The Morgan fingerprint density at radius 3 is 3.04 bits per heavy atom. The maximum atomic E-state index is 12.6. The number of rotatable bonds is 4. The minimum atomic E-state index is -0.150. The lowest BCUT2D eigenvalue weighted by Gasteiger charge is -2.22. The Bertz CT molecular complexity index is 889.